The van der Waals surface area contributed by atoms with Crippen LogP contribution in [0.2, 0.25) is 0 Å². The third-order valence-corrected chi connectivity index (χ3v) is 5.38. The zero-order valence-electron chi connectivity index (χ0n) is 13.4. The third kappa shape index (κ3) is 4.47. The highest BCUT2D eigenvalue weighted by molar-refractivity contribution is 7.99. The predicted octanol–water partition coefficient (Wildman–Crippen LogP) is 1.68. The van der Waals surface area contributed by atoms with Crippen molar-refractivity contribution in [3.63, 3.8) is 0 Å². The minimum Gasteiger partial charge on any atom is -0.364 e. The highest BCUT2D eigenvalue weighted by Gasteiger charge is 2.30. The van der Waals surface area contributed by atoms with Crippen LogP contribution < -0.4 is 11.1 Å². The van der Waals surface area contributed by atoms with Crippen LogP contribution in [0.1, 0.15) is 18.4 Å². The van der Waals surface area contributed by atoms with Crippen molar-refractivity contribution in [2.45, 2.75) is 31.6 Å². The van der Waals surface area contributed by atoms with Crippen LogP contribution >= 0.6 is 11.8 Å². The van der Waals surface area contributed by atoms with Crippen molar-refractivity contribution in [3.8, 4) is 0 Å². The Kier molecular flexibility index (Phi) is 5.94. The molecule has 2 fully saturated rings. The zero-order valence-corrected chi connectivity index (χ0v) is 14.2. The number of hydrogen-bond donors (Lipinski definition) is 2. The van der Waals surface area contributed by atoms with E-state index in [1.165, 1.54) is 17.1 Å². The van der Waals surface area contributed by atoms with E-state index in [2.05, 4.69) is 16.3 Å². The number of para-hydroxylation sites is 1. The first-order chi connectivity index (χ1) is 11.3. The number of carbonyl (C=O) groups is 1. The Morgan fingerprint density at radius 2 is 2.09 bits per heavy atom. The summed E-state index contributed by atoms with van der Waals surface area (Å²) in [6.45, 7) is 3.58. The van der Waals surface area contributed by atoms with Gasteiger partial charge in [0, 0.05) is 43.4 Å². The molecule has 2 atom stereocenters. The average molecular weight is 335 g/mol. The largest absolute Gasteiger partial charge is 0.364 e. The predicted molar refractivity (Wildman–Crippen MR) is 94.6 cm³/mol. The van der Waals surface area contributed by atoms with Crippen molar-refractivity contribution < 1.29 is 9.53 Å². The molecule has 0 saturated carbocycles. The molecule has 23 heavy (non-hydrogen) atoms. The van der Waals surface area contributed by atoms with Gasteiger partial charge < -0.3 is 15.8 Å². The van der Waals surface area contributed by atoms with Gasteiger partial charge in [-0.25, -0.2) is 0 Å². The number of rotatable bonds is 5. The maximum Gasteiger partial charge on any atom is 0.253 e. The molecule has 2 heterocycles. The van der Waals surface area contributed by atoms with Crippen LogP contribution in [0.4, 0.5) is 5.69 Å². The minimum absolute atomic E-state index is 0.0202. The lowest BCUT2D eigenvalue weighted by Gasteiger charge is -2.27. The van der Waals surface area contributed by atoms with Gasteiger partial charge in [-0.05, 0) is 24.5 Å². The van der Waals surface area contributed by atoms with E-state index in [-0.39, 0.29) is 18.1 Å². The van der Waals surface area contributed by atoms with Crippen molar-refractivity contribution in [3.05, 3.63) is 29.8 Å². The molecule has 3 N–H and O–H groups in total. The molecule has 1 aromatic carbocycles. The standard InChI is InChI=1S/C17H25N3O2S/c18-11-14-5-6-16(22-14)17(21)19-15-4-2-1-3-13(15)12-20-7-9-23-10-8-20/h1-4,14,16H,5-12,18H2,(H,19,21)/t14-,16+/m1/s1. The molecule has 0 radical (unpaired) electrons. The number of hydrogen-bond acceptors (Lipinski definition) is 5. The molecule has 1 amide bonds. The second-order valence-electron chi connectivity index (χ2n) is 6.09. The Morgan fingerprint density at radius 1 is 1.30 bits per heavy atom. The molecule has 6 heteroatoms. The summed E-state index contributed by atoms with van der Waals surface area (Å²) in [6, 6.07) is 8.06. The van der Waals surface area contributed by atoms with Crippen molar-refractivity contribution in [2.75, 3.05) is 36.5 Å². The lowest BCUT2D eigenvalue weighted by molar-refractivity contribution is -0.126. The molecular weight excluding hydrogens is 310 g/mol. The van der Waals surface area contributed by atoms with E-state index in [9.17, 15) is 4.79 Å². The van der Waals surface area contributed by atoms with Crippen molar-refractivity contribution in [2.24, 2.45) is 5.73 Å². The van der Waals surface area contributed by atoms with Crippen LogP contribution in [0.3, 0.4) is 0 Å². The highest BCUT2D eigenvalue weighted by atomic mass is 32.2. The first kappa shape index (κ1) is 16.8. The first-order valence-corrected chi connectivity index (χ1v) is 9.46. The molecule has 2 aliphatic rings. The van der Waals surface area contributed by atoms with Gasteiger partial charge in [-0.1, -0.05) is 18.2 Å². The van der Waals surface area contributed by atoms with Crippen molar-refractivity contribution in [1.29, 1.82) is 0 Å². The molecular formula is C17H25N3O2S. The van der Waals surface area contributed by atoms with Crippen LogP contribution in [0.5, 0.6) is 0 Å². The van der Waals surface area contributed by atoms with E-state index >= 15 is 0 Å². The van der Waals surface area contributed by atoms with E-state index in [1.807, 2.05) is 30.0 Å². The Hall–Kier alpha value is -1.08. The highest BCUT2D eigenvalue weighted by Crippen LogP contribution is 2.23. The summed E-state index contributed by atoms with van der Waals surface area (Å²) in [5.41, 5.74) is 7.68. The lowest BCUT2D eigenvalue weighted by atomic mass is 10.1. The van der Waals surface area contributed by atoms with Gasteiger partial charge in [-0.15, -0.1) is 0 Å². The summed E-state index contributed by atoms with van der Waals surface area (Å²) < 4.78 is 5.68. The number of anilines is 1. The van der Waals surface area contributed by atoms with Crippen molar-refractivity contribution in [1.82, 2.24) is 4.90 Å². The SMILES string of the molecule is NC[C@H]1CC[C@@H](C(=O)Nc2ccccc2CN2CCSCC2)O1. The van der Waals surface area contributed by atoms with Gasteiger partial charge in [0.1, 0.15) is 6.10 Å². The Bertz CT molecular complexity index is 534. The monoisotopic (exact) mass is 335 g/mol. The quantitative estimate of drug-likeness (QED) is 0.857. The molecule has 2 saturated heterocycles. The van der Waals surface area contributed by atoms with E-state index in [0.717, 1.165) is 38.2 Å². The Morgan fingerprint density at radius 3 is 2.83 bits per heavy atom. The molecule has 0 aliphatic carbocycles. The number of nitrogens with two attached hydrogens (primary N) is 1. The fourth-order valence-electron chi connectivity index (χ4n) is 3.07. The van der Waals surface area contributed by atoms with Crippen LogP contribution in [0, 0.1) is 0 Å². The van der Waals surface area contributed by atoms with Gasteiger partial charge in [-0.3, -0.25) is 9.69 Å². The molecule has 126 valence electrons. The fourth-order valence-corrected chi connectivity index (χ4v) is 4.04. The van der Waals surface area contributed by atoms with E-state index in [0.29, 0.717) is 6.54 Å². The van der Waals surface area contributed by atoms with E-state index in [1.54, 1.807) is 0 Å². The molecule has 0 aromatic heterocycles. The number of ether oxygens (including phenoxy) is 1. The Balaban J connectivity index is 1.62. The van der Waals surface area contributed by atoms with Crippen LogP contribution in [-0.4, -0.2) is 54.2 Å². The molecule has 3 rings (SSSR count). The number of nitrogens with one attached hydrogen (secondary N) is 1. The summed E-state index contributed by atoms with van der Waals surface area (Å²) in [7, 11) is 0. The summed E-state index contributed by atoms with van der Waals surface area (Å²) in [6.07, 6.45) is 1.26. The van der Waals surface area contributed by atoms with Gasteiger partial charge in [0.15, 0.2) is 0 Å². The van der Waals surface area contributed by atoms with Crippen LogP contribution in [0.15, 0.2) is 24.3 Å². The van der Waals surface area contributed by atoms with E-state index < -0.39 is 0 Å². The molecule has 1 aromatic rings. The summed E-state index contributed by atoms with van der Waals surface area (Å²) in [5.74, 6) is 2.32. The number of nitrogens with zero attached hydrogens (tertiary/aromatic N) is 1. The maximum atomic E-state index is 12.4. The maximum absolute atomic E-state index is 12.4. The zero-order chi connectivity index (χ0) is 16.1. The summed E-state index contributed by atoms with van der Waals surface area (Å²) in [5, 5.41) is 3.05. The van der Waals surface area contributed by atoms with E-state index in [4.69, 9.17) is 10.5 Å². The van der Waals surface area contributed by atoms with Gasteiger partial charge in [-0.2, -0.15) is 11.8 Å². The normalized spacial score (nSPS) is 25.4. The second-order valence-corrected chi connectivity index (χ2v) is 7.32. The number of thioether (sulfide) groups is 1. The second kappa shape index (κ2) is 8.15. The summed E-state index contributed by atoms with van der Waals surface area (Å²) in [4.78, 5) is 14.9. The topological polar surface area (TPSA) is 67.6 Å². The van der Waals surface area contributed by atoms with Gasteiger partial charge >= 0.3 is 0 Å². The van der Waals surface area contributed by atoms with Gasteiger partial charge in [0.05, 0.1) is 6.10 Å². The van der Waals surface area contributed by atoms with Gasteiger partial charge in [0.2, 0.25) is 0 Å². The van der Waals surface area contributed by atoms with Gasteiger partial charge in [0.25, 0.3) is 5.91 Å². The average Bonchev–Trinajstić information content (AvgIpc) is 3.07. The van der Waals surface area contributed by atoms with Crippen molar-refractivity contribution >= 4 is 23.4 Å². The summed E-state index contributed by atoms with van der Waals surface area (Å²) >= 11 is 2.01. The number of carbonyl (C=O) groups excluding carboxylic acids is 1. The van der Waals surface area contributed by atoms with Crippen LogP contribution in [0.25, 0.3) is 0 Å². The smallest absolute Gasteiger partial charge is 0.253 e. The lowest BCUT2D eigenvalue weighted by Crippen LogP contribution is -2.33. The third-order valence-electron chi connectivity index (χ3n) is 4.44. The molecule has 5 nitrogen and oxygen atoms in total. The number of benzene rings is 1. The molecule has 0 bridgehead atoms. The molecule has 2 aliphatic heterocycles. The minimum atomic E-state index is -0.372. The molecule has 0 spiro atoms. The van der Waals surface area contributed by atoms with Crippen LogP contribution in [-0.2, 0) is 16.1 Å². The fraction of sp³-hybridized carbons (Fsp3) is 0.588. The first-order valence-electron chi connectivity index (χ1n) is 8.30. The number of amides is 1. The molecule has 0 unspecified atom stereocenters. The Labute approximate surface area is 141 Å².